The number of nitrogens with zero attached hydrogens (tertiary/aromatic N) is 4. The maximum absolute atomic E-state index is 11.8. The van der Waals surface area contributed by atoms with Crippen molar-refractivity contribution in [3.8, 4) is 0 Å². The van der Waals surface area contributed by atoms with E-state index in [9.17, 15) is 4.79 Å². The van der Waals surface area contributed by atoms with Crippen molar-refractivity contribution in [2.24, 2.45) is 0 Å². The molecule has 0 fully saturated rings. The van der Waals surface area contributed by atoms with Crippen molar-refractivity contribution in [2.45, 2.75) is 6.42 Å². The summed E-state index contributed by atoms with van der Waals surface area (Å²) in [6, 6.07) is 3.99. The zero-order valence-electron chi connectivity index (χ0n) is 13.4. The third-order valence-electron chi connectivity index (χ3n) is 3.34. The molecular weight excluding hydrogens is 294 g/mol. The predicted molar refractivity (Wildman–Crippen MR) is 87.5 cm³/mol. The fourth-order valence-corrected chi connectivity index (χ4v) is 1.95. The molecule has 0 radical (unpaired) electrons. The van der Waals surface area contributed by atoms with E-state index in [0.29, 0.717) is 18.8 Å². The van der Waals surface area contributed by atoms with Crippen LogP contribution in [0.15, 0.2) is 36.9 Å². The lowest BCUT2D eigenvalue weighted by atomic mass is 10.2. The van der Waals surface area contributed by atoms with E-state index in [1.165, 1.54) is 11.8 Å². The van der Waals surface area contributed by atoms with Crippen LogP contribution in [0.5, 0.6) is 0 Å². The average Bonchev–Trinajstić information content (AvgIpc) is 2.61. The van der Waals surface area contributed by atoms with Gasteiger partial charge in [0.15, 0.2) is 0 Å². The van der Waals surface area contributed by atoms with Crippen LogP contribution >= 0.6 is 0 Å². The molecule has 0 aliphatic carbocycles. The summed E-state index contributed by atoms with van der Waals surface area (Å²) in [6.45, 7) is 1.72. The van der Waals surface area contributed by atoms with Crippen molar-refractivity contribution in [2.75, 3.05) is 38.8 Å². The standard InChI is InChI=1S/C16H21N5O2/c1-21(9-5-13-3-6-17-7-4-13)15-12-19-14(11-20-15)16(22)18-8-10-23-2/h3-4,6-7,11-12H,5,8-10H2,1-2H3,(H,18,22). The Labute approximate surface area is 135 Å². The first kappa shape index (κ1) is 16.8. The van der Waals surface area contributed by atoms with Crippen LogP contribution < -0.4 is 10.2 Å². The summed E-state index contributed by atoms with van der Waals surface area (Å²) in [7, 11) is 3.53. The fraction of sp³-hybridized carbons (Fsp3) is 0.375. The SMILES string of the molecule is COCCNC(=O)c1cnc(N(C)CCc2ccncc2)cn1. The van der Waals surface area contributed by atoms with E-state index >= 15 is 0 Å². The molecule has 0 saturated heterocycles. The zero-order chi connectivity index (χ0) is 16.5. The number of ether oxygens (including phenoxy) is 1. The summed E-state index contributed by atoms with van der Waals surface area (Å²) in [5, 5.41) is 2.71. The Kier molecular flexibility index (Phi) is 6.43. The Morgan fingerprint density at radius 1 is 1.26 bits per heavy atom. The maximum atomic E-state index is 11.8. The molecule has 7 nitrogen and oxygen atoms in total. The molecule has 23 heavy (non-hydrogen) atoms. The molecule has 1 amide bonds. The van der Waals surface area contributed by atoms with Crippen LogP contribution in [0.2, 0.25) is 0 Å². The summed E-state index contributed by atoms with van der Waals surface area (Å²) >= 11 is 0. The number of likely N-dealkylation sites (N-methyl/N-ethyl adjacent to an activating group) is 1. The molecule has 0 bridgehead atoms. The molecule has 2 aromatic rings. The molecule has 0 aromatic carbocycles. The normalized spacial score (nSPS) is 10.3. The van der Waals surface area contributed by atoms with Crippen LogP contribution in [-0.4, -0.2) is 54.7 Å². The number of pyridine rings is 1. The van der Waals surface area contributed by atoms with Gasteiger partial charge in [-0.15, -0.1) is 0 Å². The molecule has 0 unspecified atom stereocenters. The molecule has 7 heteroatoms. The highest BCUT2D eigenvalue weighted by molar-refractivity contribution is 5.91. The van der Waals surface area contributed by atoms with Crippen LogP contribution in [0.25, 0.3) is 0 Å². The minimum absolute atomic E-state index is 0.250. The Balaban J connectivity index is 1.87. The van der Waals surface area contributed by atoms with Crippen molar-refractivity contribution in [1.29, 1.82) is 0 Å². The molecule has 1 N–H and O–H groups in total. The van der Waals surface area contributed by atoms with Gasteiger partial charge in [-0.05, 0) is 24.1 Å². The largest absolute Gasteiger partial charge is 0.383 e. The first-order valence-electron chi connectivity index (χ1n) is 7.40. The monoisotopic (exact) mass is 315 g/mol. The van der Waals surface area contributed by atoms with Crippen molar-refractivity contribution in [3.05, 3.63) is 48.2 Å². The van der Waals surface area contributed by atoms with Crippen LogP contribution in [0, 0.1) is 0 Å². The highest BCUT2D eigenvalue weighted by Crippen LogP contribution is 2.08. The molecular formula is C16H21N5O2. The number of aromatic nitrogens is 3. The average molecular weight is 315 g/mol. The minimum Gasteiger partial charge on any atom is -0.383 e. The van der Waals surface area contributed by atoms with Gasteiger partial charge < -0.3 is 15.0 Å². The summed E-state index contributed by atoms with van der Waals surface area (Å²) in [5.41, 5.74) is 1.52. The second-order valence-electron chi connectivity index (χ2n) is 5.04. The Hall–Kier alpha value is -2.54. The molecule has 0 aliphatic rings. The topological polar surface area (TPSA) is 80.2 Å². The molecule has 2 rings (SSSR count). The lowest BCUT2D eigenvalue weighted by Crippen LogP contribution is -2.28. The van der Waals surface area contributed by atoms with Gasteiger partial charge >= 0.3 is 0 Å². The number of anilines is 1. The van der Waals surface area contributed by atoms with E-state index < -0.39 is 0 Å². The van der Waals surface area contributed by atoms with E-state index in [0.717, 1.165) is 18.8 Å². The van der Waals surface area contributed by atoms with Gasteiger partial charge in [-0.1, -0.05) is 0 Å². The number of hydrogen-bond donors (Lipinski definition) is 1. The number of amides is 1. The molecule has 0 spiro atoms. The predicted octanol–water partition coefficient (Wildman–Crippen LogP) is 0.927. The van der Waals surface area contributed by atoms with Gasteiger partial charge in [0.1, 0.15) is 11.5 Å². The molecule has 2 aromatic heterocycles. The molecule has 0 atom stereocenters. The number of carbonyl (C=O) groups excluding carboxylic acids is 1. The number of hydrogen-bond acceptors (Lipinski definition) is 6. The van der Waals surface area contributed by atoms with Crippen molar-refractivity contribution in [1.82, 2.24) is 20.3 Å². The first-order chi connectivity index (χ1) is 11.2. The van der Waals surface area contributed by atoms with Gasteiger partial charge in [0.25, 0.3) is 5.91 Å². The van der Waals surface area contributed by atoms with Crippen molar-refractivity contribution in [3.63, 3.8) is 0 Å². The van der Waals surface area contributed by atoms with E-state index in [-0.39, 0.29) is 5.91 Å². The summed E-state index contributed by atoms with van der Waals surface area (Å²) in [4.78, 5) is 26.3. The smallest absolute Gasteiger partial charge is 0.271 e. The van der Waals surface area contributed by atoms with Gasteiger partial charge in [-0.25, -0.2) is 9.97 Å². The minimum atomic E-state index is -0.250. The van der Waals surface area contributed by atoms with Gasteiger partial charge in [0.05, 0.1) is 19.0 Å². The Bertz CT molecular complexity index is 604. The van der Waals surface area contributed by atoms with E-state index in [2.05, 4.69) is 20.3 Å². The number of rotatable bonds is 8. The van der Waals surface area contributed by atoms with Crippen LogP contribution in [-0.2, 0) is 11.2 Å². The van der Waals surface area contributed by atoms with Gasteiger partial charge in [-0.2, -0.15) is 0 Å². The van der Waals surface area contributed by atoms with Crippen molar-refractivity contribution >= 4 is 11.7 Å². The number of methoxy groups -OCH3 is 1. The zero-order valence-corrected chi connectivity index (χ0v) is 13.4. The van der Waals surface area contributed by atoms with Crippen LogP contribution in [0.1, 0.15) is 16.1 Å². The summed E-state index contributed by atoms with van der Waals surface area (Å²) < 4.78 is 4.88. The lowest BCUT2D eigenvalue weighted by Gasteiger charge is -2.17. The van der Waals surface area contributed by atoms with E-state index in [1.54, 1.807) is 25.7 Å². The quantitative estimate of drug-likeness (QED) is 0.730. The number of nitrogens with one attached hydrogen (secondary N) is 1. The first-order valence-corrected chi connectivity index (χ1v) is 7.40. The van der Waals surface area contributed by atoms with Crippen LogP contribution in [0.4, 0.5) is 5.82 Å². The molecule has 0 saturated carbocycles. The number of carbonyl (C=O) groups is 1. The van der Waals surface area contributed by atoms with Gasteiger partial charge in [0.2, 0.25) is 0 Å². The lowest BCUT2D eigenvalue weighted by molar-refractivity contribution is 0.0932. The molecule has 122 valence electrons. The maximum Gasteiger partial charge on any atom is 0.271 e. The van der Waals surface area contributed by atoms with Crippen molar-refractivity contribution < 1.29 is 9.53 Å². The fourth-order valence-electron chi connectivity index (χ4n) is 1.95. The molecule has 0 aliphatic heterocycles. The van der Waals surface area contributed by atoms with Crippen LogP contribution in [0.3, 0.4) is 0 Å². The van der Waals surface area contributed by atoms with Gasteiger partial charge in [-0.3, -0.25) is 9.78 Å². The summed E-state index contributed by atoms with van der Waals surface area (Å²) in [5.74, 6) is 0.480. The van der Waals surface area contributed by atoms with E-state index in [4.69, 9.17) is 4.74 Å². The Morgan fingerprint density at radius 2 is 2.04 bits per heavy atom. The highest BCUT2D eigenvalue weighted by atomic mass is 16.5. The Morgan fingerprint density at radius 3 is 2.70 bits per heavy atom. The second-order valence-corrected chi connectivity index (χ2v) is 5.04. The third-order valence-corrected chi connectivity index (χ3v) is 3.34. The van der Waals surface area contributed by atoms with E-state index in [1.807, 2.05) is 24.1 Å². The second kappa shape index (κ2) is 8.79. The summed E-state index contributed by atoms with van der Waals surface area (Å²) in [6.07, 6.45) is 7.55. The third kappa shape index (κ3) is 5.30. The molecule has 2 heterocycles. The highest BCUT2D eigenvalue weighted by Gasteiger charge is 2.09. The van der Waals surface area contributed by atoms with Gasteiger partial charge in [0, 0.05) is 39.6 Å².